The van der Waals surface area contributed by atoms with E-state index < -0.39 is 0 Å². The minimum absolute atomic E-state index is 0.209. The van der Waals surface area contributed by atoms with Crippen molar-refractivity contribution >= 4 is 5.91 Å². The van der Waals surface area contributed by atoms with Crippen LogP contribution in [-0.2, 0) is 14.3 Å². The van der Waals surface area contributed by atoms with Crippen LogP contribution in [0.3, 0.4) is 0 Å². The van der Waals surface area contributed by atoms with Gasteiger partial charge in [-0.05, 0) is 25.7 Å². The van der Waals surface area contributed by atoms with Crippen molar-refractivity contribution < 1.29 is 14.3 Å². The maximum absolute atomic E-state index is 11.3. The lowest BCUT2D eigenvalue weighted by Crippen LogP contribution is -2.43. The van der Waals surface area contributed by atoms with Crippen LogP contribution < -0.4 is 5.32 Å². The van der Waals surface area contributed by atoms with Gasteiger partial charge in [-0.25, -0.2) is 0 Å². The Balaban J connectivity index is 1.68. The van der Waals surface area contributed by atoms with Crippen molar-refractivity contribution in [2.75, 3.05) is 40.0 Å². The molecule has 0 aromatic heterocycles. The summed E-state index contributed by atoms with van der Waals surface area (Å²) in [6.07, 6.45) is 5.34. The normalized spacial score (nSPS) is 27.0. The zero-order valence-electron chi connectivity index (χ0n) is 11.9. The van der Waals surface area contributed by atoms with E-state index in [2.05, 4.69) is 10.2 Å². The minimum atomic E-state index is 0.209. The third-order valence-electron chi connectivity index (χ3n) is 4.14. The molecular weight excluding hydrogens is 244 g/mol. The van der Waals surface area contributed by atoms with E-state index in [4.69, 9.17) is 9.47 Å². The summed E-state index contributed by atoms with van der Waals surface area (Å²) in [6.45, 7) is 4.39. The SMILES string of the molecule is COCCOC1CCN([C@H]2CCNC(=O)CC2)CC1. The molecule has 110 valence electrons. The first-order valence-corrected chi connectivity index (χ1v) is 7.41. The predicted octanol–water partition coefficient (Wildman–Crippen LogP) is 0.783. The molecule has 1 N–H and O–H groups in total. The number of nitrogens with one attached hydrogen (secondary N) is 1. The van der Waals surface area contributed by atoms with Crippen molar-refractivity contribution in [1.29, 1.82) is 0 Å². The average molecular weight is 270 g/mol. The van der Waals surface area contributed by atoms with Crippen LogP contribution in [0.15, 0.2) is 0 Å². The molecule has 0 aromatic rings. The van der Waals surface area contributed by atoms with Crippen molar-refractivity contribution in [3.8, 4) is 0 Å². The molecule has 5 heteroatoms. The second-order valence-electron chi connectivity index (χ2n) is 5.43. The quantitative estimate of drug-likeness (QED) is 0.750. The van der Waals surface area contributed by atoms with Gasteiger partial charge in [0.15, 0.2) is 0 Å². The zero-order chi connectivity index (χ0) is 13.5. The average Bonchev–Trinajstić information content (AvgIpc) is 2.65. The number of ether oxygens (including phenoxy) is 2. The molecule has 0 aliphatic carbocycles. The Morgan fingerprint density at radius 1 is 1.21 bits per heavy atom. The number of carbonyl (C=O) groups is 1. The molecule has 0 bridgehead atoms. The van der Waals surface area contributed by atoms with Crippen molar-refractivity contribution in [3.05, 3.63) is 0 Å². The molecule has 19 heavy (non-hydrogen) atoms. The Morgan fingerprint density at radius 3 is 2.74 bits per heavy atom. The number of methoxy groups -OCH3 is 1. The third-order valence-corrected chi connectivity index (χ3v) is 4.14. The van der Waals surface area contributed by atoms with E-state index >= 15 is 0 Å². The molecule has 0 aromatic carbocycles. The highest BCUT2D eigenvalue weighted by molar-refractivity contribution is 5.76. The van der Waals surface area contributed by atoms with E-state index in [0.717, 1.165) is 45.3 Å². The maximum Gasteiger partial charge on any atom is 0.220 e. The topological polar surface area (TPSA) is 50.8 Å². The van der Waals surface area contributed by atoms with Gasteiger partial charge >= 0.3 is 0 Å². The number of hydrogen-bond donors (Lipinski definition) is 1. The molecule has 1 atom stereocenters. The van der Waals surface area contributed by atoms with E-state index in [-0.39, 0.29) is 5.91 Å². The number of rotatable bonds is 5. The smallest absolute Gasteiger partial charge is 0.220 e. The van der Waals surface area contributed by atoms with Gasteiger partial charge in [-0.1, -0.05) is 0 Å². The number of hydrogen-bond acceptors (Lipinski definition) is 4. The lowest BCUT2D eigenvalue weighted by atomic mass is 10.0. The van der Waals surface area contributed by atoms with Gasteiger partial charge in [-0.3, -0.25) is 4.79 Å². The Kier molecular flexibility index (Phi) is 6.07. The first-order valence-electron chi connectivity index (χ1n) is 7.41. The molecule has 2 rings (SSSR count). The van der Waals surface area contributed by atoms with Gasteiger partial charge in [0, 0.05) is 39.2 Å². The summed E-state index contributed by atoms with van der Waals surface area (Å²) < 4.78 is 10.8. The summed E-state index contributed by atoms with van der Waals surface area (Å²) in [5.74, 6) is 0.209. The van der Waals surface area contributed by atoms with Crippen molar-refractivity contribution in [1.82, 2.24) is 10.2 Å². The monoisotopic (exact) mass is 270 g/mol. The summed E-state index contributed by atoms with van der Waals surface area (Å²) >= 11 is 0. The van der Waals surface area contributed by atoms with Crippen molar-refractivity contribution in [2.24, 2.45) is 0 Å². The highest BCUT2D eigenvalue weighted by Crippen LogP contribution is 2.21. The molecular formula is C14H26N2O3. The van der Waals surface area contributed by atoms with Gasteiger partial charge < -0.3 is 19.7 Å². The highest BCUT2D eigenvalue weighted by atomic mass is 16.5. The molecule has 0 unspecified atom stereocenters. The molecule has 2 aliphatic heterocycles. The summed E-state index contributed by atoms with van der Waals surface area (Å²) in [4.78, 5) is 13.9. The van der Waals surface area contributed by atoms with Gasteiger partial charge in [0.1, 0.15) is 0 Å². The fourth-order valence-electron chi connectivity index (χ4n) is 2.98. The van der Waals surface area contributed by atoms with Crippen LogP contribution in [0.1, 0.15) is 32.1 Å². The van der Waals surface area contributed by atoms with Gasteiger partial charge in [-0.2, -0.15) is 0 Å². The fraction of sp³-hybridized carbons (Fsp3) is 0.929. The van der Waals surface area contributed by atoms with Crippen LogP contribution in [-0.4, -0.2) is 62.9 Å². The summed E-state index contributed by atoms with van der Waals surface area (Å²) in [7, 11) is 1.70. The highest BCUT2D eigenvalue weighted by Gasteiger charge is 2.26. The number of amides is 1. The largest absolute Gasteiger partial charge is 0.382 e. The molecule has 2 fully saturated rings. The molecule has 2 heterocycles. The first-order chi connectivity index (χ1) is 9.29. The van der Waals surface area contributed by atoms with Crippen LogP contribution in [0.2, 0.25) is 0 Å². The Hall–Kier alpha value is -0.650. The van der Waals surface area contributed by atoms with E-state index in [1.165, 1.54) is 0 Å². The standard InChI is InChI=1S/C14H26N2O3/c1-18-10-11-19-13-5-8-16(9-6-13)12-2-3-14(17)15-7-4-12/h12-13H,2-11H2,1H3,(H,15,17)/t12-/m1/s1. The Morgan fingerprint density at radius 2 is 2.00 bits per heavy atom. The molecule has 0 radical (unpaired) electrons. The van der Waals surface area contributed by atoms with Gasteiger partial charge in [0.2, 0.25) is 5.91 Å². The second-order valence-corrected chi connectivity index (χ2v) is 5.43. The maximum atomic E-state index is 11.3. The minimum Gasteiger partial charge on any atom is -0.382 e. The van der Waals surface area contributed by atoms with Gasteiger partial charge in [-0.15, -0.1) is 0 Å². The Labute approximate surface area is 115 Å². The number of carbonyl (C=O) groups excluding carboxylic acids is 1. The molecule has 1 amide bonds. The number of piperidine rings is 1. The first kappa shape index (κ1) is 14.8. The van der Waals surface area contributed by atoms with Crippen LogP contribution in [0.5, 0.6) is 0 Å². The molecule has 0 saturated carbocycles. The van der Waals surface area contributed by atoms with Crippen LogP contribution in [0.25, 0.3) is 0 Å². The zero-order valence-corrected chi connectivity index (χ0v) is 11.9. The van der Waals surface area contributed by atoms with Crippen molar-refractivity contribution in [2.45, 2.75) is 44.2 Å². The van der Waals surface area contributed by atoms with Crippen LogP contribution in [0.4, 0.5) is 0 Å². The van der Waals surface area contributed by atoms with Gasteiger partial charge in [0.05, 0.1) is 19.3 Å². The predicted molar refractivity (Wildman–Crippen MR) is 73.1 cm³/mol. The molecule has 0 spiro atoms. The third kappa shape index (κ3) is 4.75. The number of likely N-dealkylation sites (tertiary alicyclic amines) is 1. The van der Waals surface area contributed by atoms with E-state index in [0.29, 0.717) is 31.8 Å². The van der Waals surface area contributed by atoms with E-state index in [1.807, 2.05) is 0 Å². The lowest BCUT2D eigenvalue weighted by molar-refractivity contribution is -0.120. The molecule has 5 nitrogen and oxygen atoms in total. The van der Waals surface area contributed by atoms with Crippen LogP contribution in [0, 0.1) is 0 Å². The lowest BCUT2D eigenvalue weighted by Gasteiger charge is -2.37. The van der Waals surface area contributed by atoms with Gasteiger partial charge in [0.25, 0.3) is 0 Å². The molecule has 2 aliphatic rings. The second kappa shape index (κ2) is 7.82. The van der Waals surface area contributed by atoms with Crippen LogP contribution >= 0.6 is 0 Å². The summed E-state index contributed by atoms with van der Waals surface area (Å²) in [5, 5.41) is 2.95. The molecule has 2 saturated heterocycles. The van der Waals surface area contributed by atoms with E-state index in [9.17, 15) is 4.79 Å². The van der Waals surface area contributed by atoms with E-state index in [1.54, 1.807) is 7.11 Å². The Bertz CT molecular complexity index is 278. The fourth-order valence-corrected chi connectivity index (χ4v) is 2.98. The summed E-state index contributed by atoms with van der Waals surface area (Å²) in [5.41, 5.74) is 0. The van der Waals surface area contributed by atoms with Crippen molar-refractivity contribution in [3.63, 3.8) is 0 Å². The summed E-state index contributed by atoms with van der Waals surface area (Å²) in [6, 6.07) is 0.568. The number of nitrogens with zero attached hydrogens (tertiary/aromatic N) is 1.